The highest BCUT2D eigenvalue weighted by Crippen LogP contribution is 2.34. The maximum atomic E-state index is 12.7. The Labute approximate surface area is 197 Å². The van der Waals surface area contributed by atoms with Crippen LogP contribution in [0.2, 0.25) is 5.02 Å². The lowest BCUT2D eigenvalue weighted by Gasteiger charge is -2.23. The summed E-state index contributed by atoms with van der Waals surface area (Å²) in [5, 5.41) is 10.1. The van der Waals surface area contributed by atoms with E-state index in [4.69, 9.17) is 22.4 Å². The molecule has 3 N–H and O–H groups in total. The molecule has 0 fully saturated rings. The van der Waals surface area contributed by atoms with E-state index in [0.29, 0.717) is 58.3 Å². The molecule has 0 saturated heterocycles. The predicted octanol–water partition coefficient (Wildman–Crippen LogP) is 3.24. The number of nitrogens with one attached hydrogen (secondary N) is 1. The second-order valence-corrected chi connectivity index (χ2v) is 9.76. The quantitative estimate of drug-likeness (QED) is 0.527. The highest BCUT2D eigenvalue weighted by molar-refractivity contribution is 7.92. The molecule has 2 heterocycles. The van der Waals surface area contributed by atoms with Crippen LogP contribution in [0.15, 0.2) is 59.9 Å². The predicted molar refractivity (Wildman–Crippen MR) is 132 cm³/mol. The molecule has 9 nitrogen and oxygen atoms in total. The van der Waals surface area contributed by atoms with Crippen LogP contribution in [0.5, 0.6) is 0 Å². The molecule has 4 rings (SSSR count). The van der Waals surface area contributed by atoms with Crippen molar-refractivity contribution in [2.45, 2.75) is 12.8 Å². The molecule has 0 amide bonds. The van der Waals surface area contributed by atoms with Crippen LogP contribution in [0.25, 0.3) is 28.0 Å². The molecular weight excluding hydrogens is 462 g/mol. The Kier molecular flexibility index (Phi) is 6.50. The number of nitrogen functional groups attached to an aromatic ring is 1. The van der Waals surface area contributed by atoms with Crippen LogP contribution in [0.1, 0.15) is 12.8 Å². The summed E-state index contributed by atoms with van der Waals surface area (Å²) < 4.78 is 28.4. The van der Waals surface area contributed by atoms with E-state index in [1.165, 1.54) is 16.0 Å². The molecule has 11 heteroatoms. The Bertz CT molecular complexity index is 1380. The molecule has 0 atom stereocenters. The van der Waals surface area contributed by atoms with Gasteiger partial charge in [0.25, 0.3) is 10.0 Å². The molecule has 172 valence electrons. The van der Waals surface area contributed by atoms with Crippen LogP contribution in [-0.2, 0) is 10.0 Å². The standard InChI is InChI=1S/C22H24ClN7O2S/c1-25-11-4-12-33(31,32)29(2)17-5-3-6-18(13-17)30-22-19(21(24)26-14-27-22)20(28-30)15-7-9-16(23)10-8-15/h4,6-10,12-14,25H,3,5,11H2,1-2H3,(H2,24,26,27). The van der Waals surface area contributed by atoms with Gasteiger partial charge in [-0.3, -0.25) is 4.31 Å². The summed E-state index contributed by atoms with van der Waals surface area (Å²) in [6, 6.07) is 7.27. The summed E-state index contributed by atoms with van der Waals surface area (Å²) in [4.78, 5) is 8.55. The van der Waals surface area contributed by atoms with Crippen molar-refractivity contribution in [3.63, 3.8) is 0 Å². The monoisotopic (exact) mass is 485 g/mol. The summed E-state index contributed by atoms with van der Waals surface area (Å²) in [6.07, 6.45) is 8.00. The molecule has 1 aromatic carbocycles. The molecule has 0 aliphatic heterocycles. The van der Waals surface area contributed by atoms with Gasteiger partial charge in [-0.25, -0.2) is 23.1 Å². The minimum atomic E-state index is -3.60. The fraction of sp³-hybridized carbons (Fsp3) is 0.227. The molecule has 33 heavy (non-hydrogen) atoms. The fourth-order valence-corrected chi connectivity index (χ4v) is 4.69. The molecule has 0 bridgehead atoms. The number of rotatable bonds is 7. The zero-order valence-electron chi connectivity index (χ0n) is 18.2. The molecule has 1 aliphatic carbocycles. The Morgan fingerprint density at radius 1 is 1.27 bits per heavy atom. The first-order chi connectivity index (χ1) is 15.8. The third kappa shape index (κ3) is 4.63. The molecule has 2 aromatic heterocycles. The lowest BCUT2D eigenvalue weighted by Crippen LogP contribution is -2.25. The summed E-state index contributed by atoms with van der Waals surface area (Å²) >= 11 is 6.04. The first-order valence-electron chi connectivity index (χ1n) is 10.3. The van der Waals surface area contributed by atoms with Gasteiger partial charge in [-0.15, -0.1) is 0 Å². The average Bonchev–Trinajstić information content (AvgIpc) is 3.20. The molecular formula is C22H24ClN7O2S. The zero-order valence-corrected chi connectivity index (χ0v) is 19.8. The van der Waals surface area contributed by atoms with Crippen molar-refractivity contribution in [3.8, 4) is 11.3 Å². The van der Waals surface area contributed by atoms with Gasteiger partial charge in [0.2, 0.25) is 0 Å². The van der Waals surface area contributed by atoms with Crippen LogP contribution in [-0.4, -0.2) is 53.1 Å². The second-order valence-electron chi connectivity index (χ2n) is 7.47. The van der Waals surface area contributed by atoms with Crippen LogP contribution in [0.4, 0.5) is 5.82 Å². The number of nitrogens with two attached hydrogens (primary N) is 1. The molecule has 1 aliphatic rings. The van der Waals surface area contributed by atoms with E-state index in [-0.39, 0.29) is 0 Å². The fourth-order valence-electron chi connectivity index (χ4n) is 3.57. The second kappa shape index (κ2) is 9.34. The number of likely N-dealkylation sites (N-methyl/N-ethyl adjacent to an activating group) is 1. The number of hydrogen-bond donors (Lipinski definition) is 2. The van der Waals surface area contributed by atoms with Gasteiger partial charge in [0.15, 0.2) is 5.65 Å². The maximum absolute atomic E-state index is 12.7. The Hall–Kier alpha value is -3.21. The topological polar surface area (TPSA) is 119 Å². The van der Waals surface area contributed by atoms with Crippen molar-refractivity contribution in [1.82, 2.24) is 29.4 Å². The Morgan fingerprint density at radius 3 is 2.76 bits per heavy atom. The van der Waals surface area contributed by atoms with Gasteiger partial charge in [0, 0.05) is 35.3 Å². The van der Waals surface area contributed by atoms with Crippen LogP contribution in [0.3, 0.4) is 0 Å². The number of aromatic nitrogens is 4. The number of halogens is 1. The summed E-state index contributed by atoms with van der Waals surface area (Å²) in [5.74, 6) is 0.311. The normalized spacial score (nSPS) is 14.5. The number of sulfonamides is 1. The van der Waals surface area contributed by atoms with Crippen LogP contribution in [0, 0.1) is 0 Å². The van der Waals surface area contributed by atoms with Crippen molar-refractivity contribution in [2.75, 3.05) is 26.4 Å². The summed E-state index contributed by atoms with van der Waals surface area (Å²) in [5.41, 5.74) is 9.53. The highest BCUT2D eigenvalue weighted by Gasteiger charge is 2.23. The van der Waals surface area contributed by atoms with E-state index in [0.717, 1.165) is 5.56 Å². The lowest BCUT2D eigenvalue weighted by molar-refractivity contribution is 0.521. The third-order valence-electron chi connectivity index (χ3n) is 5.30. The first kappa shape index (κ1) is 23.0. The number of benzene rings is 1. The van der Waals surface area contributed by atoms with Gasteiger partial charge in [0.1, 0.15) is 17.8 Å². The van der Waals surface area contributed by atoms with E-state index in [2.05, 4.69) is 15.3 Å². The molecule has 0 radical (unpaired) electrons. The maximum Gasteiger partial charge on any atom is 0.256 e. The number of anilines is 1. The van der Waals surface area contributed by atoms with Gasteiger partial charge >= 0.3 is 0 Å². The van der Waals surface area contributed by atoms with E-state index in [1.807, 2.05) is 24.3 Å². The van der Waals surface area contributed by atoms with Crippen molar-refractivity contribution in [1.29, 1.82) is 0 Å². The number of allylic oxidation sites excluding steroid dienone is 4. The first-order valence-corrected chi connectivity index (χ1v) is 12.2. The zero-order chi connectivity index (χ0) is 23.6. The van der Waals surface area contributed by atoms with Gasteiger partial charge in [-0.05, 0) is 38.1 Å². The third-order valence-corrected chi connectivity index (χ3v) is 7.09. The molecule has 0 saturated carbocycles. The van der Waals surface area contributed by atoms with E-state index >= 15 is 0 Å². The highest BCUT2D eigenvalue weighted by atomic mass is 35.5. The molecule has 3 aromatic rings. The van der Waals surface area contributed by atoms with Gasteiger partial charge in [-0.2, -0.15) is 5.10 Å². The summed E-state index contributed by atoms with van der Waals surface area (Å²) in [6.45, 7) is 0.463. The largest absolute Gasteiger partial charge is 0.383 e. The van der Waals surface area contributed by atoms with E-state index in [9.17, 15) is 8.42 Å². The number of hydrogen-bond acceptors (Lipinski definition) is 7. The van der Waals surface area contributed by atoms with E-state index < -0.39 is 10.0 Å². The smallest absolute Gasteiger partial charge is 0.256 e. The van der Waals surface area contributed by atoms with Crippen molar-refractivity contribution < 1.29 is 8.42 Å². The Balaban J connectivity index is 1.78. The number of fused-ring (bicyclic) bond motifs is 1. The summed E-state index contributed by atoms with van der Waals surface area (Å²) in [7, 11) is -0.295. The van der Waals surface area contributed by atoms with Crippen LogP contribution < -0.4 is 11.1 Å². The van der Waals surface area contributed by atoms with Crippen molar-refractivity contribution in [3.05, 3.63) is 64.9 Å². The Morgan fingerprint density at radius 2 is 2.03 bits per heavy atom. The number of nitrogens with zero attached hydrogens (tertiary/aromatic N) is 5. The molecule has 0 spiro atoms. The molecule has 0 unspecified atom stereocenters. The van der Waals surface area contributed by atoms with Gasteiger partial charge < -0.3 is 11.1 Å². The average molecular weight is 486 g/mol. The van der Waals surface area contributed by atoms with E-state index in [1.54, 1.807) is 37.0 Å². The van der Waals surface area contributed by atoms with Gasteiger partial charge in [0.05, 0.1) is 11.1 Å². The van der Waals surface area contributed by atoms with Crippen molar-refractivity contribution >= 4 is 44.2 Å². The van der Waals surface area contributed by atoms with Gasteiger partial charge in [-0.1, -0.05) is 35.9 Å². The minimum Gasteiger partial charge on any atom is -0.383 e. The van der Waals surface area contributed by atoms with Crippen molar-refractivity contribution in [2.24, 2.45) is 0 Å². The minimum absolute atomic E-state index is 0.311. The lowest BCUT2D eigenvalue weighted by atomic mass is 10.1. The SMILES string of the molecule is CNCC=CS(=O)(=O)N(C)C1=CC(n2nc(-c3ccc(Cl)cc3)c3c(N)ncnc32)=CCC1. The van der Waals surface area contributed by atoms with Crippen LogP contribution >= 0.6 is 11.6 Å².